The van der Waals surface area contributed by atoms with Gasteiger partial charge in [-0.15, -0.1) is 0 Å². The maximum absolute atomic E-state index is 12.6. The van der Waals surface area contributed by atoms with Crippen molar-refractivity contribution in [3.05, 3.63) is 51.7 Å². The van der Waals surface area contributed by atoms with Crippen LogP contribution in [0.2, 0.25) is 0 Å². The third kappa shape index (κ3) is 4.85. The van der Waals surface area contributed by atoms with Crippen molar-refractivity contribution in [2.45, 2.75) is 32.9 Å². The Hall–Kier alpha value is -2.87. The van der Waals surface area contributed by atoms with Gasteiger partial charge in [0, 0.05) is 12.1 Å². The summed E-state index contributed by atoms with van der Waals surface area (Å²) < 4.78 is 5.53. The molecule has 1 aromatic carbocycles. The van der Waals surface area contributed by atoms with E-state index in [1.165, 1.54) is 0 Å². The number of hydrogen-bond acceptors (Lipinski definition) is 6. The summed E-state index contributed by atoms with van der Waals surface area (Å²) in [6.45, 7) is 4.52. The zero-order valence-electron chi connectivity index (χ0n) is 16.1. The molecule has 27 heavy (non-hydrogen) atoms. The number of ether oxygens (including phenoxy) is 1. The molecule has 0 bridgehead atoms. The van der Waals surface area contributed by atoms with Gasteiger partial charge < -0.3 is 20.1 Å². The number of carbonyl (C=O) groups is 1. The molecular weight excluding hydrogens is 348 g/mol. The van der Waals surface area contributed by atoms with E-state index in [4.69, 9.17) is 4.74 Å². The Morgan fingerprint density at radius 2 is 2.04 bits per heavy atom. The fraction of sp³-hybridized carbons (Fsp3) is 0.421. The summed E-state index contributed by atoms with van der Waals surface area (Å²) in [5.74, 6) is -0.310. The number of aromatic hydroxyl groups is 1. The standard InChI is InChI=1S/C19H26N4O4/c1-5-13(23(3)4)17-21-15(16(24)19(26)22-17)18(25)20-11-12-9-7-8-10-14(12)27-6-2/h7-10,13,24H,5-6,11H2,1-4H3,(H,20,25)(H,21,22,26). The molecule has 1 atom stereocenters. The van der Waals surface area contributed by atoms with Crippen LogP contribution in [0.5, 0.6) is 11.5 Å². The number of nitrogens with zero attached hydrogens (tertiary/aromatic N) is 2. The van der Waals surface area contributed by atoms with Crippen molar-refractivity contribution in [3.63, 3.8) is 0 Å². The SMILES string of the molecule is CCOc1ccccc1CNC(=O)c1nc(C(CC)N(C)C)[nH]c(=O)c1O. The quantitative estimate of drug-likeness (QED) is 0.650. The molecule has 3 N–H and O–H groups in total. The van der Waals surface area contributed by atoms with E-state index in [2.05, 4.69) is 15.3 Å². The predicted octanol–water partition coefficient (Wildman–Crippen LogP) is 1.82. The molecule has 8 nitrogen and oxygen atoms in total. The van der Waals surface area contributed by atoms with Crippen molar-refractivity contribution in [2.75, 3.05) is 20.7 Å². The van der Waals surface area contributed by atoms with E-state index < -0.39 is 17.2 Å². The highest BCUT2D eigenvalue weighted by atomic mass is 16.5. The minimum Gasteiger partial charge on any atom is -0.501 e. The van der Waals surface area contributed by atoms with Crippen molar-refractivity contribution in [1.82, 2.24) is 20.2 Å². The molecule has 0 aliphatic carbocycles. The van der Waals surface area contributed by atoms with Gasteiger partial charge in [0.15, 0.2) is 5.69 Å². The minimum atomic E-state index is -0.736. The molecule has 0 radical (unpaired) electrons. The van der Waals surface area contributed by atoms with Crippen LogP contribution in [0.4, 0.5) is 0 Å². The Bertz CT molecular complexity index is 848. The number of amides is 1. The van der Waals surface area contributed by atoms with E-state index in [1.807, 2.05) is 57.1 Å². The van der Waals surface area contributed by atoms with E-state index >= 15 is 0 Å². The number of aromatic nitrogens is 2. The fourth-order valence-corrected chi connectivity index (χ4v) is 2.81. The number of aromatic amines is 1. The second-order valence-electron chi connectivity index (χ2n) is 6.26. The molecule has 2 aromatic rings. The van der Waals surface area contributed by atoms with Gasteiger partial charge in [-0.3, -0.25) is 14.5 Å². The van der Waals surface area contributed by atoms with Crippen LogP contribution < -0.4 is 15.6 Å². The Labute approximate surface area is 158 Å². The number of H-pyrrole nitrogens is 1. The topological polar surface area (TPSA) is 108 Å². The molecule has 2 rings (SSSR count). The van der Waals surface area contributed by atoms with Crippen LogP contribution in [-0.4, -0.2) is 46.6 Å². The lowest BCUT2D eigenvalue weighted by atomic mass is 10.2. The molecule has 0 saturated heterocycles. The third-order valence-corrected chi connectivity index (χ3v) is 4.17. The first-order valence-corrected chi connectivity index (χ1v) is 8.87. The lowest BCUT2D eigenvalue weighted by Crippen LogP contribution is -2.30. The molecule has 0 saturated carbocycles. The molecule has 0 fully saturated rings. The van der Waals surface area contributed by atoms with Crippen LogP contribution in [0, 0.1) is 0 Å². The number of benzene rings is 1. The average molecular weight is 374 g/mol. The maximum atomic E-state index is 12.6. The summed E-state index contributed by atoms with van der Waals surface area (Å²) in [6.07, 6.45) is 0.684. The molecule has 0 aliphatic heterocycles. The van der Waals surface area contributed by atoms with Crippen molar-refractivity contribution in [2.24, 2.45) is 0 Å². The van der Waals surface area contributed by atoms with Gasteiger partial charge in [0.2, 0.25) is 5.75 Å². The van der Waals surface area contributed by atoms with Gasteiger partial charge in [0.05, 0.1) is 12.6 Å². The highest BCUT2D eigenvalue weighted by Gasteiger charge is 2.22. The lowest BCUT2D eigenvalue weighted by molar-refractivity contribution is 0.0941. The van der Waals surface area contributed by atoms with Crippen molar-refractivity contribution >= 4 is 5.91 Å². The normalized spacial score (nSPS) is 12.0. The van der Waals surface area contributed by atoms with Gasteiger partial charge in [0.25, 0.3) is 11.5 Å². The molecule has 8 heteroatoms. The van der Waals surface area contributed by atoms with E-state index in [9.17, 15) is 14.7 Å². The highest BCUT2D eigenvalue weighted by Crippen LogP contribution is 2.20. The summed E-state index contributed by atoms with van der Waals surface area (Å²) >= 11 is 0. The maximum Gasteiger partial charge on any atom is 0.293 e. The number of nitrogens with one attached hydrogen (secondary N) is 2. The first kappa shape index (κ1) is 20.4. The van der Waals surface area contributed by atoms with Gasteiger partial charge >= 0.3 is 0 Å². The second kappa shape index (κ2) is 9.18. The molecule has 1 unspecified atom stereocenters. The largest absolute Gasteiger partial charge is 0.501 e. The van der Waals surface area contributed by atoms with E-state index in [0.717, 1.165) is 5.56 Å². The Morgan fingerprint density at radius 1 is 1.33 bits per heavy atom. The first-order chi connectivity index (χ1) is 12.9. The van der Waals surface area contributed by atoms with Gasteiger partial charge in [-0.25, -0.2) is 4.98 Å². The summed E-state index contributed by atoms with van der Waals surface area (Å²) in [5.41, 5.74) is -0.236. The van der Waals surface area contributed by atoms with E-state index in [1.54, 1.807) is 0 Å². The molecule has 0 spiro atoms. The van der Waals surface area contributed by atoms with E-state index in [0.29, 0.717) is 24.6 Å². The van der Waals surface area contributed by atoms with Crippen LogP contribution in [0.1, 0.15) is 48.2 Å². The molecule has 1 aromatic heterocycles. The van der Waals surface area contributed by atoms with Crippen LogP contribution in [0.3, 0.4) is 0 Å². The van der Waals surface area contributed by atoms with Crippen LogP contribution >= 0.6 is 0 Å². The summed E-state index contributed by atoms with van der Waals surface area (Å²) in [7, 11) is 3.71. The average Bonchev–Trinajstić information content (AvgIpc) is 2.64. The second-order valence-corrected chi connectivity index (χ2v) is 6.26. The van der Waals surface area contributed by atoms with Crippen LogP contribution in [0.25, 0.3) is 0 Å². The van der Waals surface area contributed by atoms with Crippen molar-refractivity contribution in [3.8, 4) is 11.5 Å². The molecule has 0 aliphatic rings. The Balaban J connectivity index is 2.26. The number of rotatable bonds is 8. The van der Waals surface area contributed by atoms with Gasteiger partial charge in [0.1, 0.15) is 11.6 Å². The number of para-hydroxylation sites is 1. The van der Waals surface area contributed by atoms with Gasteiger partial charge in [-0.1, -0.05) is 25.1 Å². The Kier molecular flexibility index (Phi) is 6.95. The van der Waals surface area contributed by atoms with E-state index in [-0.39, 0.29) is 18.3 Å². The predicted molar refractivity (Wildman–Crippen MR) is 102 cm³/mol. The summed E-state index contributed by atoms with van der Waals surface area (Å²) in [6, 6.07) is 7.16. The van der Waals surface area contributed by atoms with Crippen LogP contribution in [-0.2, 0) is 6.54 Å². The number of hydrogen-bond donors (Lipinski definition) is 3. The first-order valence-electron chi connectivity index (χ1n) is 8.87. The molecule has 1 amide bonds. The van der Waals surface area contributed by atoms with Gasteiger partial charge in [-0.2, -0.15) is 0 Å². The highest BCUT2D eigenvalue weighted by molar-refractivity contribution is 5.94. The zero-order chi connectivity index (χ0) is 20.0. The van der Waals surface area contributed by atoms with Crippen molar-refractivity contribution < 1.29 is 14.6 Å². The molecule has 146 valence electrons. The third-order valence-electron chi connectivity index (χ3n) is 4.17. The Morgan fingerprint density at radius 3 is 2.67 bits per heavy atom. The lowest BCUT2D eigenvalue weighted by Gasteiger charge is -2.22. The fourth-order valence-electron chi connectivity index (χ4n) is 2.81. The summed E-state index contributed by atoms with van der Waals surface area (Å²) in [5, 5.41) is 12.7. The molecular formula is C19H26N4O4. The smallest absolute Gasteiger partial charge is 0.293 e. The number of carbonyl (C=O) groups excluding carboxylic acids is 1. The minimum absolute atomic E-state index is 0.177. The zero-order valence-corrected chi connectivity index (χ0v) is 16.1. The monoisotopic (exact) mass is 374 g/mol. The molecule has 1 heterocycles. The van der Waals surface area contributed by atoms with Crippen molar-refractivity contribution in [1.29, 1.82) is 0 Å². The summed E-state index contributed by atoms with van der Waals surface area (Å²) in [4.78, 5) is 33.2. The van der Waals surface area contributed by atoms with Crippen LogP contribution in [0.15, 0.2) is 29.1 Å². The van der Waals surface area contributed by atoms with Gasteiger partial charge in [-0.05, 0) is 33.5 Å².